The number of pyridine rings is 1. The van der Waals surface area contributed by atoms with Crippen LogP contribution in [0.3, 0.4) is 0 Å². The fraction of sp³-hybridized carbons (Fsp3) is 0.552. The summed E-state index contributed by atoms with van der Waals surface area (Å²) in [4.78, 5) is 29.8. The van der Waals surface area contributed by atoms with Crippen LogP contribution in [0.5, 0.6) is 0 Å². The normalized spacial score (nSPS) is 26.0. The smallest absolute Gasteiger partial charge is 0.405 e. The van der Waals surface area contributed by atoms with E-state index in [1.165, 1.54) is 6.20 Å². The van der Waals surface area contributed by atoms with E-state index in [2.05, 4.69) is 20.9 Å². The molecule has 2 bridgehead atoms. The molecule has 0 spiro atoms. The Morgan fingerprint density at radius 2 is 1.93 bits per heavy atom. The van der Waals surface area contributed by atoms with Crippen LogP contribution in [0.25, 0.3) is 0 Å². The molecular formula is C29H39ClFN5O6S. The Morgan fingerprint density at radius 1 is 1.19 bits per heavy atom. The van der Waals surface area contributed by atoms with Crippen molar-refractivity contribution in [3.8, 4) is 0 Å². The van der Waals surface area contributed by atoms with E-state index in [9.17, 15) is 23.8 Å². The van der Waals surface area contributed by atoms with Gasteiger partial charge in [0, 0.05) is 54.9 Å². The lowest BCUT2D eigenvalue weighted by Crippen LogP contribution is -2.55. The summed E-state index contributed by atoms with van der Waals surface area (Å²) in [5.41, 5.74) is 1.12. The first-order valence-electron chi connectivity index (χ1n) is 14.6. The molecule has 6 N–H and O–H groups in total. The second-order valence-electron chi connectivity index (χ2n) is 11.5. The van der Waals surface area contributed by atoms with E-state index in [1.54, 1.807) is 28.6 Å². The van der Waals surface area contributed by atoms with Crippen LogP contribution in [-0.4, -0.2) is 85.7 Å². The molecule has 11 nitrogen and oxygen atoms in total. The zero-order chi connectivity index (χ0) is 30.6. The molecule has 2 amide bonds. The van der Waals surface area contributed by atoms with E-state index in [1.807, 2.05) is 0 Å². The molecule has 14 heteroatoms. The fourth-order valence-corrected chi connectivity index (χ4v) is 8.56. The van der Waals surface area contributed by atoms with Crippen molar-refractivity contribution >= 4 is 40.1 Å². The molecule has 3 aliphatic heterocycles. The molecule has 5 atom stereocenters. The molecule has 236 valence electrons. The number of piperazine rings is 1. The van der Waals surface area contributed by atoms with Crippen LogP contribution < -0.4 is 16.0 Å². The number of hydrogen-bond donors (Lipinski definition) is 6. The Hall–Kier alpha value is -2.52. The van der Waals surface area contributed by atoms with E-state index < -0.39 is 40.6 Å². The third kappa shape index (κ3) is 7.77. The van der Waals surface area contributed by atoms with E-state index >= 15 is 4.39 Å². The summed E-state index contributed by atoms with van der Waals surface area (Å²) in [5, 5.41) is 18.9. The number of amides is 2. The fourth-order valence-electron chi connectivity index (χ4n) is 6.57. The van der Waals surface area contributed by atoms with Gasteiger partial charge >= 0.3 is 6.09 Å². The molecule has 0 aliphatic carbocycles. The Morgan fingerprint density at radius 3 is 2.65 bits per heavy atom. The van der Waals surface area contributed by atoms with Crippen molar-refractivity contribution in [1.29, 1.82) is 0 Å². The lowest BCUT2D eigenvalue weighted by atomic mass is 9.76. The number of halogens is 2. The number of benzene rings is 1. The van der Waals surface area contributed by atoms with Gasteiger partial charge in [0.15, 0.2) is 0 Å². The standard InChI is InChI=1S/C29H39ClFN5O6S/c30-20-5-3-18(4-6-20)26(19-9-11-42-12-10-19)27(35-29(38)39)28(37)34-25-16-32-15-24(31)23(25)8-7-22-14-33-21-2-1-13-43(40,41)36(22)17-21/h3-6,15-16,19,21-22,26-27,33,35,40-41H,1-2,7-14,17H2,(H,34,37)(H,38,39)/t21-,22+,26+,27+/m1/s1. The molecule has 0 saturated carbocycles. The molecule has 43 heavy (non-hydrogen) atoms. The summed E-state index contributed by atoms with van der Waals surface area (Å²) in [7, 11) is -2.92. The van der Waals surface area contributed by atoms with Gasteiger partial charge in [-0.15, -0.1) is 10.8 Å². The lowest BCUT2D eigenvalue weighted by Gasteiger charge is -2.49. The van der Waals surface area contributed by atoms with Crippen molar-refractivity contribution in [3.05, 3.63) is 58.6 Å². The largest absolute Gasteiger partial charge is 0.465 e. The van der Waals surface area contributed by atoms with E-state index in [0.717, 1.165) is 24.6 Å². The minimum atomic E-state index is -2.92. The number of hydrogen-bond acceptors (Lipinski definition) is 8. The van der Waals surface area contributed by atoms with Crippen molar-refractivity contribution in [2.75, 3.05) is 37.4 Å². The maximum absolute atomic E-state index is 15.2. The number of ether oxygens (including phenoxy) is 1. The molecule has 3 fully saturated rings. The average Bonchev–Trinajstić information content (AvgIpc) is 3.09. The Labute approximate surface area is 257 Å². The number of aromatic nitrogens is 1. The van der Waals surface area contributed by atoms with E-state index in [4.69, 9.17) is 16.3 Å². The molecule has 3 aliphatic rings. The van der Waals surface area contributed by atoms with Gasteiger partial charge in [-0.1, -0.05) is 23.7 Å². The number of rotatable bonds is 9. The zero-order valence-electron chi connectivity index (χ0n) is 23.8. The van der Waals surface area contributed by atoms with Gasteiger partial charge in [0.05, 0.1) is 23.8 Å². The Kier molecular flexibility index (Phi) is 10.4. The first-order chi connectivity index (χ1) is 20.6. The third-order valence-electron chi connectivity index (χ3n) is 8.74. The topological polar surface area (TPSA) is 156 Å². The number of carbonyl (C=O) groups excluding carboxylic acids is 1. The maximum Gasteiger partial charge on any atom is 0.405 e. The van der Waals surface area contributed by atoms with Gasteiger partial charge in [-0.3, -0.25) is 18.9 Å². The van der Waals surface area contributed by atoms with Gasteiger partial charge in [-0.25, -0.2) is 13.5 Å². The second kappa shape index (κ2) is 14.1. The third-order valence-corrected chi connectivity index (χ3v) is 11.0. The molecule has 3 saturated heterocycles. The number of fused-ring (bicyclic) bond motifs is 2. The monoisotopic (exact) mass is 639 g/mol. The van der Waals surface area contributed by atoms with Crippen molar-refractivity contribution in [2.24, 2.45) is 5.92 Å². The highest BCUT2D eigenvalue weighted by Gasteiger charge is 2.39. The molecule has 1 aromatic heterocycles. The summed E-state index contributed by atoms with van der Waals surface area (Å²) >= 11 is 6.12. The zero-order valence-corrected chi connectivity index (χ0v) is 25.3. The van der Waals surface area contributed by atoms with Crippen molar-refractivity contribution in [3.63, 3.8) is 0 Å². The number of nitrogens with one attached hydrogen (secondary N) is 3. The van der Waals surface area contributed by atoms with Crippen LogP contribution in [0.2, 0.25) is 5.02 Å². The maximum atomic E-state index is 15.2. The summed E-state index contributed by atoms with van der Waals surface area (Å²) in [6.45, 7) is 2.03. The summed E-state index contributed by atoms with van der Waals surface area (Å²) < 4.78 is 44.1. The summed E-state index contributed by atoms with van der Waals surface area (Å²) in [6, 6.07) is 5.74. The van der Waals surface area contributed by atoms with Gasteiger partial charge in [0.1, 0.15) is 11.9 Å². The van der Waals surface area contributed by atoms with Crippen LogP contribution in [0.15, 0.2) is 36.7 Å². The number of nitrogens with zero attached hydrogens (tertiary/aromatic N) is 2. The Bertz CT molecular complexity index is 1280. The van der Waals surface area contributed by atoms with Gasteiger partial charge in [-0.05, 0) is 62.1 Å². The minimum absolute atomic E-state index is 0.0568. The van der Waals surface area contributed by atoms with Crippen LogP contribution >= 0.6 is 22.4 Å². The molecule has 2 aromatic rings. The number of carboxylic acid groups (broad SMARTS) is 1. The SMILES string of the molecule is O=C(O)N[C@H](C(=O)Nc1cncc(F)c1CC[C@H]1CN[C@@H]2CCCS(O)(O)N1C2)[C@@H](c1ccc(Cl)cc1)C1CCOCC1. The average molecular weight is 640 g/mol. The highest BCUT2D eigenvalue weighted by molar-refractivity contribution is 8.22. The van der Waals surface area contributed by atoms with Crippen molar-refractivity contribution in [2.45, 2.75) is 62.6 Å². The van der Waals surface area contributed by atoms with Crippen molar-refractivity contribution in [1.82, 2.24) is 19.9 Å². The highest BCUT2D eigenvalue weighted by atomic mass is 35.5. The van der Waals surface area contributed by atoms with Gasteiger partial charge in [-0.2, -0.15) is 0 Å². The number of anilines is 1. The van der Waals surface area contributed by atoms with Crippen LogP contribution in [0.4, 0.5) is 14.9 Å². The molecule has 1 aromatic carbocycles. The lowest BCUT2D eigenvalue weighted by molar-refractivity contribution is -0.119. The van der Waals surface area contributed by atoms with Gasteiger partial charge in [0.25, 0.3) is 0 Å². The predicted octanol–water partition coefficient (Wildman–Crippen LogP) is 4.69. The van der Waals surface area contributed by atoms with Crippen molar-refractivity contribution < 1.29 is 32.9 Å². The summed E-state index contributed by atoms with van der Waals surface area (Å²) in [5.74, 6) is -1.52. The van der Waals surface area contributed by atoms with Crippen LogP contribution in [-0.2, 0) is 16.0 Å². The van der Waals surface area contributed by atoms with Crippen LogP contribution in [0, 0.1) is 11.7 Å². The number of carbonyl (C=O) groups is 2. The van der Waals surface area contributed by atoms with Gasteiger partial charge in [0.2, 0.25) is 5.91 Å². The predicted molar refractivity (Wildman–Crippen MR) is 163 cm³/mol. The quantitative estimate of drug-likeness (QED) is 0.229. The molecule has 4 heterocycles. The molecule has 0 radical (unpaired) electrons. The van der Waals surface area contributed by atoms with E-state index in [-0.39, 0.29) is 35.7 Å². The second-order valence-corrected chi connectivity index (χ2v) is 14.0. The minimum Gasteiger partial charge on any atom is -0.465 e. The molecule has 5 rings (SSSR count). The highest BCUT2D eigenvalue weighted by Crippen LogP contribution is 2.49. The first-order valence-corrected chi connectivity index (χ1v) is 16.7. The van der Waals surface area contributed by atoms with Gasteiger partial charge < -0.3 is 25.8 Å². The molecular weight excluding hydrogens is 601 g/mol. The van der Waals surface area contributed by atoms with Crippen LogP contribution in [0.1, 0.15) is 49.1 Å². The van der Waals surface area contributed by atoms with E-state index in [0.29, 0.717) is 56.3 Å². The molecule has 1 unspecified atom stereocenters. The summed E-state index contributed by atoms with van der Waals surface area (Å²) in [6.07, 6.45) is 4.53. The first kappa shape index (κ1) is 31.9. The Balaban J connectivity index is 1.38.